The number of anilines is 1. The number of benzene rings is 3. The highest BCUT2D eigenvalue weighted by Crippen LogP contribution is 2.53. The molecule has 2 fully saturated rings. The Balaban J connectivity index is 1.18. The Bertz CT molecular complexity index is 1610. The number of hydrogen-bond acceptors (Lipinski definition) is 4. The van der Waals surface area contributed by atoms with E-state index in [1.54, 1.807) is 28.6 Å². The van der Waals surface area contributed by atoms with Crippen LogP contribution in [0.4, 0.5) is 5.69 Å². The first-order chi connectivity index (χ1) is 18.0. The van der Waals surface area contributed by atoms with Crippen molar-refractivity contribution in [1.29, 1.82) is 0 Å². The normalized spacial score (nSPS) is 23.0. The number of fused-ring (bicyclic) bond motifs is 3. The molecule has 1 saturated carbocycles. The van der Waals surface area contributed by atoms with Crippen LogP contribution >= 0.6 is 0 Å². The number of sulfonamides is 1. The maximum atomic E-state index is 13.6. The highest BCUT2D eigenvalue weighted by Gasteiger charge is 2.53. The summed E-state index contributed by atoms with van der Waals surface area (Å²) in [6.45, 7) is 7.21. The van der Waals surface area contributed by atoms with Crippen LogP contribution in [0.3, 0.4) is 0 Å². The minimum Gasteiger partial charge on any atom is -0.338 e. The standard InChI is InChI=1S/C30H32N4O3S/c1-29(2)16-23-17-30(3,18-29)19-34(23)38(36,37)24-13-11-20(12-14-24)28(35)31-22-8-6-7-21(15-22)27-32-25-9-4-5-10-26(25)33-27/h4-15,23H,16-19H2,1-3H3,(H,31,35)(H,32,33)/t23-,30-/m1/s1. The summed E-state index contributed by atoms with van der Waals surface area (Å²) in [4.78, 5) is 21.2. The van der Waals surface area contributed by atoms with Gasteiger partial charge in [-0.2, -0.15) is 4.31 Å². The van der Waals surface area contributed by atoms with Crippen LogP contribution in [0.2, 0.25) is 0 Å². The van der Waals surface area contributed by atoms with Crippen LogP contribution in [0.15, 0.2) is 77.7 Å². The zero-order valence-electron chi connectivity index (χ0n) is 21.9. The van der Waals surface area contributed by atoms with E-state index in [4.69, 9.17) is 0 Å². The van der Waals surface area contributed by atoms with Crippen molar-refractivity contribution in [3.05, 3.63) is 78.4 Å². The van der Waals surface area contributed by atoms with E-state index in [2.05, 4.69) is 36.1 Å². The molecule has 4 aromatic rings. The van der Waals surface area contributed by atoms with Crippen molar-refractivity contribution in [2.24, 2.45) is 10.8 Å². The van der Waals surface area contributed by atoms with Gasteiger partial charge in [-0.3, -0.25) is 4.79 Å². The van der Waals surface area contributed by atoms with Crippen molar-refractivity contribution in [3.8, 4) is 11.4 Å². The number of rotatable bonds is 5. The van der Waals surface area contributed by atoms with E-state index in [0.29, 0.717) is 17.8 Å². The molecular formula is C30H32N4O3S. The van der Waals surface area contributed by atoms with Crippen molar-refractivity contribution < 1.29 is 13.2 Å². The summed E-state index contributed by atoms with van der Waals surface area (Å²) in [7, 11) is -3.64. The lowest BCUT2D eigenvalue weighted by Crippen LogP contribution is -2.37. The second-order valence-electron chi connectivity index (χ2n) is 11.9. The fourth-order valence-electron chi connectivity index (χ4n) is 6.64. The lowest BCUT2D eigenvalue weighted by molar-refractivity contribution is 0.102. The van der Waals surface area contributed by atoms with Gasteiger partial charge in [0.05, 0.1) is 15.9 Å². The first kappa shape index (κ1) is 24.8. The van der Waals surface area contributed by atoms with Crippen molar-refractivity contribution in [2.75, 3.05) is 11.9 Å². The summed E-state index contributed by atoms with van der Waals surface area (Å²) in [6.07, 6.45) is 2.80. The Hall–Kier alpha value is -3.49. The number of para-hydroxylation sites is 2. The molecule has 2 heterocycles. The predicted octanol–water partition coefficient (Wildman–Crippen LogP) is 6.07. The van der Waals surface area contributed by atoms with Crippen LogP contribution in [-0.2, 0) is 10.0 Å². The van der Waals surface area contributed by atoms with E-state index in [-0.39, 0.29) is 27.7 Å². The fraction of sp³-hybridized carbons (Fsp3) is 0.333. The molecule has 2 bridgehead atoms. The quantitative estimate of drug-likeness (QED) is 0.329. The number of aromatic amines is 1. The molecule has 1 saturated heterocycles. The molecule has 3 aromatic carbocycles. The van der Waals surface area contributed by atoms with Crippen molar-refractivity contribution >= 4 is 32.7 Å². The lowest BCUT2D eigenvalue weighted by Gasteiger charge is -2.39. The summed E-state index contributed by atoms with van der Waals surface area (Å²) in [5.41, 5.74) is 3.84. The molecule has 6 rings (SSSR count). The number of nitrogens with zero attached hydrogens (tertiary/aromatic N) is 2. The van der Waals surface area contributed by atoms with Gasteiger partial charge in [0, 0.05) is 29.4 Å². The van der Waals surface area contributed by atoms with E-state index >= 15 is 0 Å². The van der Waals surface area contributed by atoms with Gasteiger partial charge < -0.3 is 10.3 Å². The Labute approximate surface area is 223 Å². The second-order valence-corrected chi connectivity index (χ2v) is 13.8. The Morgan fingerprint density at radius 1 is 1.00 bits per heavy atom. The highest BCUT2D eigenvalue weighted by atomic mass is 32.2. The average Bonchev–Trinajstić information content (AvgIpc) is 3.42. The van der Waals surface area contributed by atoms with Crippen molar-refractivity contribution in [1.82, 2.24) is 14.3 Å². The van der Waals surface area contributed by atoms with E-state index in [0.717, 1.165) is 41.7 Å². The van der Waals surface area contributed by atoms with Gasteiger partial charge in [0.25, 0.3) is 5.91 Å². The highest BCUT2D eigenvalue weighted by molar-refractivity contribution is 7.89. The number of amides is 1. The molecular weight excluding hydrogens is 496 g/mol. The topological polar surface area (TPSA) is 95.2 Å². The van der Waals surface area contributed by atoms with Crippen LogP contribution in [0.5, 0.6) is 0 Å². The minimum atomic E-state index is -3.64. The predicted molar refractivity (Wildman–Crippen MR) is 149 cm³/mol. The summed E-state index contributed by atoms with van der Waals surface area (Å²) in [5.74, 6) is 0.419. The van der Waals surface area contributed by atoms with Gasteiger partial charge in [0.2, 0.25) is 10.0 Å². The summed E-state index contributed by atoms with van der Waals surface area (Å²) in [5, 5.41) is 2.92. The van der Waals surface area contributed by atoms with Gasteiger partial charge in [-0.05, 0) is 78.6 Å². The van der Waals surface area contributed by atoms with E-state index in [9.17, 15) is 13.2 Å². The van der Waals surface area contributed by atoms with Gasteiger partial charge in [-0.15, -0.1) is 0 Å². The SMILES string of the molecule is CC1(C)C[C@@H]2C[C@@](C)(CN2S(=O)(=O)c2ccc(C(=O)Nc3cccc(-c4nc5ccccc5[nH]4)c3)cc2)C1. The largest absolute Gasteiger partial charge is 0.338 e. The lowest BCUT2D eigenvalue weighted by atomic mass is 9.65. The van der Waals surface area contributed by atoms with Crippen molar-refractivity contribution in [3.63, 3.8) is 0 Å². The number of H-pyrrole nitrogens is 1. The van der Waals surface area contributed by atoms with Gasteiger partial charge in [0.15, 0.2) is 0 Å². The molecule has 0 unspecified atom stereocenters. The summed E-state index contributed by atoms with van der Waals surface area (Å²) >= 11 is 0. The molecule has 0 radical (unpaired) electrons. The molecule has 196 valence electrons. The maximum absolute atomic E-state index is 13.6. The molecule has 2 N–H and O–H groups in total. The molecule has 1 aromatic heterocycles. The zero-order chi connectivity index (χ0) is 26.7. The molecule has 7 nitrogen and oxygen atoms in total. The van der Waals surface area contributed by atoms with E-state index < -0.39 is 10.0 Å². The second kappa shape index (κ2) is 8.78. The average molecular weight is 529 g/mol. The third kappa shape index (κ3) is 4.52. The molecule has 8 heteroatoms. The molecule has 2 aliphatic rings. The minimum absolute atomic E-state index is 0.0101. The third-order valence-corrected chi connectivity index (χ3v) is 9.79. The zero-order valence-corrected chi connectivity index (χ0v) is 22.7. The molecule has 0 spiro atoms. The van der Waals surface area contributed by atoms with Gasteiger partial charge >= 0.3 is 0 Å². The molecule has 1 aliphatic heterocycles. The third-order valence-electron chi connectivity index (χ3n) is 7.87. The number of aromatic nitrogens is 2. The first-order valence-corrected chi connectivity index (χ1v) is 14.4. The van der Waals surface area contributed by atoms with Crippen LogP contribution in [-0.4, -0.2) is 41.2 Å². The molecule has 2 atom stereocenters. The van der Waals surface area contributed by atoms with E-state index in [1.807, 2.05) is 48.5 Å². The van der Waals surface area contributed by atoms with Crippen LogP contribution < -0.4 is 5.32 Å². The Kier molecular flexibility index (Phi) is 5.74. The molecule has 38 heavy (non-hydrogen) atoms. The smallest absolute Gasteiger partial charge is 0.255 e. The number of nitrogens with one attached hydrogen (secondary N) is 2. The first-order valence-electron chi connectivity index (χ1n) is 13.0. The van der Waals surface area contributed by atoms with Gasteiger partial charge in [-0.25, -0.2) is 13.4 Å². The number of imidazole rings is 1. The fourth-order valence-corrected chi connectivity index (χ4v) is 8.41. The van der Waals surface area contributed by atoms with Gasteiger partial charge in [0.1, 0.15) is 5.82 Å². The van der Waals surface area contributed by atoms with E-state index in [1.165, 1.54) is 0 Å². The molecule has 1 aliphatic carbocycles. The summed E-state index contributed by atoms with van der Waals surface area (Å²) < 4.78 is 28.8. The number of hydrogen-bond donors (Lipinski definition) is 2. The molecule has 1 amide bonds. The van der Waals surface area contributed by atoms with Gasteiger partial charge in [-0.1, -0.05) is 45.0 Å². The number of carbonyl (C=O) groups is 1. The summed E-state index contributed by atoms with van der Waals surface area (Å²) in [6, 6.07) is 21.6. The number of carbonyl (C=O) groups excluding carboxylic acids is 1. The monoisotopic (exact) mass is 528 g/mol. The van der Waals surface area contributed by atoms with Crippen LogP contribution in [0.1, 0.15) is 50.4 Å². The maximum Gasteiger partial charge on any atom is 0.255 e. The van der Waals surface area contributed by atoms with Crippen molar-refractivity contribution in [2.45, 2.75) is 51.0 Å². The van der Waals surface area contributed by atoms with Crippen LogP contribution in [0, 0.1) is 10.8 Å². The Morgan fingerprint density at radius 3 is 2.53 bits per heavy atom. The Morgan fingerprint density at radius 2 is 1.76 bits per heavy atom. The van der Waals surface area contributed by atoms with Crippen LogP contribution in [0.25, 0.3) is 22.4 Å².